The molecule has 108 valence electrons. The highest BCUT2D eigenvalue weighted by Gasteiger charge is 2.22. The van der Waals surface area contributed by atoms with Crippen LogP contribution in [0, 0.1) is 6.92 Å². The molecule has 0 fully saturated rings. The van der Waals surface area contributed by atoms with Crippen molar-refractivity contribution in [1.82, 2.24) is 5.32 Å². The lowest BCUT2D eigenvalue weighted by molar-refractivity contribution is -0.140. The van der Waals surface area contributed by atoms with Crippen LogP contribution in [0.15, 0.2) is 22.7 Å². The third-order valence-electron chi connectivity index (χ3n) is 2.62. The Morgan fingerprint density at radius 2 is 1.95 bits per heavy atom. The van der Waals surface area contributed by atoms with E-state index in [1.54, 1.807) is 18.2 Å². The molecule has 1 aromatic rings. The molecule has 1 rings (SSSR count). The highest BCUT2D eigenvalue weighted by Crippen LogP contribution is 2.18. The van der Waals surface area contributed by atoms with Gasteiger partial charge in [0, 0.05) is 10.9 Å². The Balaban J connectivity index is 2.82. The van der Waals surface area contributed by atoms with Crippen molar-refractivity contribution in [3.05, 3.63) is 33.8 Å². The Labute approximate surface area is 123 Å². The zero-order chi connectivity index (χ0) is 15.3. The van der Waals surface area contributed by atoms with Gasteiger partial charge in [0.2, 0.25) is 0 Å². The van der Waals surface area contributed by atoms with Gasteiger partial charge in [-0.05, 0) is 41.4 Å². The third-order valence-corrected chi connectivity index (χ3v) is 3.31. The lowest BCUT2D eigenvalue weighted by Gasteiger charge is -2.14. The van der Waals surface area contributed by atoms with E-state index in [0.717, 1.165) is 5.56 Å². The number of carbonyl (C=O) groups is 3. The maximum Gasteiger partial charge on any atom is 0.326 e. The van der Waals surface area contributed by atoms with Gasteiger partial charge in [0.1, 0.15) is 6.04 Å². The van der Waals surface area contributed by atoms with Crippen molar-refractivity contribution in [3.8, 4) is 0 Å². The van der Waals surface area contributed by atoms with Crippen molar-refractivity contribution in [3.63, 3.8) is 0 Å². The first kappa shape index (κ1) is 16.2. The number of carbonyl (C=O) groups excluding carboxylic acids is 1. The number of halogens is 1. The number of carboxylic acids is 2. The fourth-order valence-corrected chi connectivity index (χ4v) is 2.00. The minimum atomic E-state index is -1.26. The van der Waals surface area contributed by atoms with Crippen molar-refractivity contribution in [2.24, 2.45) is 0 Å². The number of rotatable bonds is 6. The van der Waals surface area contributed by atoms with Crippen molar-refractivity contribution in [1.29, 1.82) is 0 Å². The molecule has 0 aliphatic rings. The van der Waals surface area contributed by atoms with Crippen molar-refractivity contribution in [2.75, 3.05) is 0 Å². The van der Waals surface area contributed by atoms with E-state index in [-0.39, 0.29) is 12.8 Å². The third kappa shape index (κ3) is 4.65. The van der Waals surface area contributed by atoms with Gasteiger partial charge in [-0.25, -0.2) is 4.79 Å². The molecule has 0 saturated heterocycles. The van der Waals surface area contributed by atoms with Crippen molar-refractivity contribution < 1.29 is 24.6 Å². The largest absolute Gasteiger partial charge is 0.481 e. The summed E-state index contributed by atoms with van der Waals surface area (Å²) in [7, 11) is 0. The predicted molar refractivity (Wildman–Crippen MR) is 74.6 cm³/mol. The van der Waals surface area contributed by atoms with E-state index in [1.807, 2.05) is 6.92 Å². The summed E-state index contributed by atoms with van der Waals surface area (Å²) >= 11 is 3.22. The summed E-state index contributed by atoms with van der Waals surface area (Å²) < 4.78 is 0.544. The first-order valence-electron chi connectivity index (χ1n) is 5.83. The van der Waals surface area contributed by atoms with Gasteiger partial charge in [0.25, 0.3) is 5.91 Å². The number of carboxylic acid groups (broad SMARTS) is 2. The number of aryl methyl sites for hydroxylation is 1. The van der Waals surface area contributed by atoms with Gasteiger partial charge >= 0.3 is 11.9 Å². The second kappa shape index (κ2) is 7.04. The van der Waals surface area contributed by atoms with Crippen LogP contribution in [-0.2, 0) is 9.59 Å². The fraction of sp³-hybridized carbons (Fsp3) is 0.308. The van der Waals surface area contributed by atoms with Gasteiger partial charge in [0.15, 0.2) is 0 Å². The topological polar surface area (TPSA) is 104 Å². The maximum absolute atomic E-state index is 12.0. The summed E-state index contributed by atoms with van der Waals surface area (Å²) in [4.78, 5) is 33.5. The molecule has 0 spiro atoms. The van der Waals surface area contributed by atoms with E-state index in [0.29, 0.717) is 10.0 Å². The minimum absolute atomic E-state index is 0.167. The average Bonchev–Trinajstić information content (AvgIpc) is 2.36. The molecule has 0 heterocycles. The molecule has 0 bridgehead atoms. The predicted octanol–water partition coefficient (Wildman–Crippen LogP) is 1.81. The van der Waals surface area contributed by atoms with Crippen molar-refractivity contribution >= 4 is 33.8 Å². The van der Waals surface area contributed by atoms with E-state index in [1.165, 1.54) is 0 Å². The normalized spacial score (nSPS) is 11.7. The molecule has 1 atom stereocenters. The molecule has 20 heavy (non-hydrogen) atoms. The Hall–Kier alpha value is -1.89. The standard InChI is InChI=1S/C13H14BrNO5/c1-7-2-3-9(14)8(6-7)12(18)15-10(13(19)20)4-5-11(16)17/h2-3,6,10H,4-5H2,1H3,(H,15,18)(H,16,17)(H,19,20). The molecule has 0 aliphatic carbocycles. The quantitative estimate of drug-likeness (QED) is 0.730. The lowest BCUT2D eigenvalue weighted by atomic mass is 10.1. The number of amides is 1. The van der Waals surface area contributed by atoms with E-state index in [4.69, 9.17) is 10.2 Å². The molecular weight excluding hydrogens is 330 g/mol. The van der Waals surface area contributed by atoms with E-state index >= 15 is 0 Å². The number of nitrogens with one attached hydrogen (secondary N) is 1. The molecule has 1 unspecified atom stereocenters. The van der Waals surface area contributed by atoms with E-state index in [9.17, 15) is 14.4 Å². The monoisotopic (exact) mass is 343 g/mol. The fourth-order valence-electron chi connectivity index (χ4n) is 1.57. The second-order valence-corrected chi connectivity index (χ2v) is 5.13. The van der Waals surface area contributed by atoms with Crippen LogP contribution in [0.2, 0.25) is 0 Å². The smallest absolute Gasteiger partial charge is 0.326 e. The molecule has 0 aromatic heterocycles. The number of benzene rings is 1. The van der Waals surface area contributed by atoms with Crippen LogP contribution in [0.1, 0.15) is 28.8 Å². The summed E-state index contributed by atoms with van der Waals surface area (Å²) in [6, 6.07) is 3.89. The average molecular weight is 344 g/mol. The zero-order valence-corrected chi connectivity index (χ0v) is 12.3. The summed E-state index contributed by atoms with van der Waals surface area (Å²) in [5.74, 6) is -2.93. The molecule has 7 heteroatoms. The molecule has 6 nitrogen and oxygen atoms in total. The molecule has 1 aromatic carbocycles. The van der Waals surface area contributed by atoms with Crippen LogP contribution in [-0.4, -0.2) is 34.1 Å². The molecular formula is C13H14BrNO5. The second-order valence-electron chi connectivity index (χ2n) is 4.28. The van der Waals surface area contributed by atoms with Crippen LogP contribution in [0.25, 0.3) is 0 Å². The van der Waals surface area contributed by atoms with Crippen LogP contribution in [0.3, 0.4) is 0 Å². The zero-order valence-electron chi connectivity index (χ0n) is 10.7. The highest BCUT2D eigenvalue weighted by molar-refractivity contribution is 9.10. The van der Waals surface area contributed by atoms with Gasteiger partial charge in [0.05, 0.1) is 5.56 Å². The summed E-state index contributed by atoms with van der Waals surface area (Å²) in [5.41, 5.74) is 1.17. The van der Waals surface area contributed by atoms with E-state index in [2.05, 4.69) is 21.2 Å². The highest BCUT2D eigenvalue weighted by atomic mass is 79.9. The summed E-state index contributed by atoms with van der Waals surface area (Å²) in [5, 5.41) is 19.9. The Morgan fingerprint density at radius 3 is 2.50 bits per heavy atom. The molecule has 1 amide bonds. The number of hydrogen-bond acceptors (Lipinski definition) is 3. The molecule has 3 N–H and O–H groups in total. The number of hydrogen-bond donors (Lipinski definition) is 3. The maximum atomic E-state index is 12.0. The number of aliphatic carboxylic acids is 2. The van der Waals surface area contributed by atoms with Gasteiger partial charge < -0.3 is 15.5 Å². The Morgan fingerprint density at radius 1 is 1.30 bits per heavy atom. The minimum Gasteiger partial charge on any atom is -0.481 e. The lowest BCUT2D eigenvalue weighted by Crippen LogP contribution is -2.41. The van der Waals surface area contributed by atoms with E-state index < -0.39 is 23.9 Å². The SMILES string of the molecule is Cc1ccc(Br)c(C(=O)NC(CCC(=O)O)C(=O)O)c1. The van der Waals surface area contributed by atoms with Crippen LogP contribution >= 0.6 is 15.9 Å². The molecule has 0 radical (unpaired) electrons. The summed E-state index contributed by atoms with van der Waals surface area (Å²) in [6.07, 6.45) is -0.494. The van der Waals surface area contributed by atoms with Gasteiger partial charge in [-0.1, -0.05) is 11.6 Å². The first-order chi connectivity index (χ1) is 9.31. The first-order valence-corrected chi connectivity index (χ1v) is 6.62. The van der Waals surface area contributed by atoms with Gasteiger partial charge in [-0.15, -0.1) is 0 Å². The van der Waals surface area contributed by atoms with Gasteiger partial charge in [-0.3, -0.25) is 9.59 Å². The molecule has 0 aliphatic heterocycles. The van der Waals surface area contributed by atoms with Gasteiger partial charge in [-0.2, -0.15) is 0 Å². The Bertz CT molecular complexity index is 544. The molecule has 0 saturated carbocycles. The van der Waals surface area contributed by atoms with Crippen LogP contribution < -0.4 is 5.32 Å². The summed E-state index contributed by atoms with van der Waals surface area (Å²) in [6.45, 7) is 1.81. The van der Waals surface area contributed by atoms with Crippen molar-refractivity contribution in [2.45, 2.75) is 25.8 Å². The van der Waals surface area contributed by atoms with Crippen LogP contribution in [0.4, 0.5) is 0 Å². The van der Waals surface area contributed by atoms with Crippen LogP contribution in [0.5, 0.6) is 0 Å². The Kier molecular flexibility index (Phi) is 5.69.